The van der Waals surface area contributed by atoms with Crippen molar-refractivity contribution in [2.75, 3.05) is 51.0 Å². The van der Waals surface area contributed by atoms with Crippen LogP contribution in [0.5, 0.6) is 0 Å². The van der Waals surface area contributed by atoms with Gasteiger partial charge in [-0.2, -0.15) is 0 Å². The van der Waals surface area contributed by atoms with Crippen molar-refractivity contribution in [2.45, 2.75) is 12.5 Å². The zero-order valence-electron chi connectivity index (χ0n) is 13.3. The molecule has 1 unspecified atom stereocenters. The fourth-order valence-corrected chi connectivity index (χ4v) is 4.92. The molecular weight excluding hydrogens is 340 g/mol. The van der Waals surface area contributed by atoms with E-state index in [2.05, 4.69) is 10.3 Å². The largest absolute Gasteiger partial charge is 0.329 e. The fourth-order valence-electron chi connectivity index (χ4n) is 2.47. The molecule has 130 valence electrons. The first-order chi connectivity index (χ1) is 10.8. The van der Waals surface area contributed by atoms with Gasteiger partial charge in [-0.05, 0) is 20.5 Å². The summed E-state index contributed by atoms with van der Waals surface area (Å²) >= 11 is 1.39. The van der Waals surface area contributed by atoms with E-state index in [0.29, 0.717) is 31.2 Å². The highest BCUT2D eigenvalue weighted by Gasteiger charge is 2.36. The van der Waals surface area contributed by atoms with Gasteiger partial charge in [0, 0.05) is 24.9 Å². The number of hydrogen-bond acceptors (Lipinski definition) is 7. The lowest BCUT2D eigenvalue weighted by atomic mass is 10.2. The number of hydrogen-bond donors (Lipinski definition) is 1. The van der Waals surface area contributed by atoms with Crippen molar-refractivity contribution in [3.05, 3.63) is 0 Å². The van der Waals surface area contributed by atoms with Gasteiger partial charge in [0.05, 0.1) is 18.1 Å². The van der Waals surface area contributed by atoms with Gasteiger partial charge < -0.3 is 9.80 Å². The van der Waals surface area contributed by atoms with Crippen molar-refractivity contribution >= 4 is 38.6 Å². The van der Waals surface area contributed by atoms with Crippen LogP contribution in [0.3, 0.4) is 0 Å². The van der Waals surface area contributed by atoms with Gasteiger partial charge in [0.1, 0.15) is 0 Å². The highest BCUT2D eigenvalue weighted by atomic mass is 32.2. The summed E-state index contributed by atoms with van der Waals surface area (Å²) in [6, 6.07) is -0.434. The fraction of sp³-hybridized carbons (Fsp3) is 0.769. The molecule has 1 N–H and O–H groups in total. The summed E-state index contributed by atoms with van der Waals surface area (Å²) < 4.78 is 23.4. The van der Waals surface area contributed by atoms with E-state index in [0.717, 1.165) is 5.75 Å². The van der Waals surface area contributed by atoms with Crippen LogP contribution in [-0.2, 0) is 19.4 Å². The molecule has 10 heteroatoms. The Bertz CT molecular complexity index is 603. The molecule has 0 aliphatic carbocycles. The number of likely N-dealkylation sites (N-methyl/N-ethyl adjacent to an activating group) is 1. The number of aliphatic imine (C=N–C) groups is 1. The predicted molar refractivity (Wildman–Crippen MR) is 90.2 cm³/mol. The van der Waals surface area contributed by atoms with E-state index in [4.69, 9.17) is 0 Å². The lowest BCUT2D eigenvalue weighted by molar-refractivity contribution is -0.146. The van der Waals surface area contributed by atoms with E-state index in [1.54, 1.807) is 0 Å². The van der Waals surface area contributed by atoms with E-state index < -0.39 is 27.7 Å². The highest BCUT2D eigenvalue weighted by molar-refractivity contribution is 8.14. The molecule has 0 saturated carbocycles. The number of amides is 2. The number of nitrogens with one attached hydrogen (secondary N) is 1. The average molecular weight is 362 g/mol. The molecule has 1 saturated heterocycles. The molecule has 2 heterocycles. The van der Waals surface area contributed by atoms with Crippen LogP contribution in [0, 0.1) is 0 Å². The Morgan fingerprint density at radius 1 is 1.35 bits per heavy atom. The van der Waals surface area contributed by atoms with Gasteiger partial charge in [-0.3, -0.25) is 19.9 Å². The number of sulfone groups is 1. The maximum atomic E-state index is 12.5. The molecular formula is C13H22N4O4S2. The maximum absolute atomic E-state index is 12.5. The third-order valence-electron chi connectivity index (χ3n) is 3.70. The first kappa shape index (κ1) is 18.2. The van der Waals surface area contributed by atoms with Gasteiger partial charge in [-0.25, -0.2) is 8.42 Å². The summed E-state index contributed by atoms with van der Waals surface area (Å²) in [5.74, 6) is -0.664. The zero-order chi connectivity index (χ0) is 17.0. The van der Waals surface area contributed by atoms with Crippen LogP contribution in [0.2, 0.25) is 0 Å². The molecule has 23 heavy (non-hydrogen) atoms. The van der Waals surface area contributed by atoms with Gasteiger partial charge in [0.25, 0.3) is 0 Å². The first-order valence-electron chi connectivity index (χ1n) is 7.43. The minimum Gasteiger partial charge on any atom is -0.329 e. The van der Waals surface area contributed by atoms with Gasteiger partial charge in [-0.15, -0.1) is 0 Å². The summed E-state index contributed by atoms with van der Waals surface area (Å²) in [7, 11) is 0.591. The summed E-state index contributed by atoms with van der Waals surface area (Å²) in [5, 5.41) is 2.96. The molecule has 2 aliphatic heterocycles. The van der Waals surface area contributed by atoms with Crippen molar-refractivity contribution in [3.63, 3.8) is 0 Å². The molecule has 1 atom stereocenters. The number of rotatable bonds is 4. The molecule has 0 bridgehead atoms. The average Bonchev–Trinajstić information content (AvgIpc) is 3.08. The second kappa shape index (κ2) is 7.63. The molecule has 2 rings (SSSR count). The number of thioether (sulfide) groups is 1. The summed E-state index contributed by atoms with van der Waals surface area (Å²) in [6.45, 7) is 1.50. The topological polar surface area (TPSA) is 99.2 Å². The Hall–Kier alpha value is -1.13. The number of amidine groups is 1. The van der Waals surface area contributed by atoms with E-state index in [-0.39, 0.29) is 11.5 Å². The highest BCUT2D eigenvalue weighted by Crippen LogP contribution is 2.18. The minimum atomic E-state index is -3.13. The summed E-state index contributed by atoms with van der Waals surface area (Å²) in [4.78, 5) is 32.0. The molecule has 0 aromatic heterocycles. The Kier molecular flexibility index (Phi) is 6.04. The standard InChI is InChI=1S/C13H22N4O4S2/c1-16(2)5-6-17(10-3-8-23(20,21)9-10)12(19)11(18)15-13-14-4-7-22-13/h10H,3-9H2,1-2H3,(H,14,15,18). The Labute approximate surface area is 140 Å². The lowest BCUT2D eigenvalue weighted by Crippen LogP contribution is -2.51. The van der Waals surface area contributed by atoms with Crippen molar-refractivity contribution in [3.8, 4) is 0 Å². The van der Waals surface area contributed by atoms with E-state index in [9.17, 15) is 18.0 Å². The van der Waals surface area contributed by atoms with E-state index in [1.807, 2.05) is 19.0 Å². The van der Waals surface area contributed by atoms with Gasteiger partial charge in [0.2, 0.25) is 0 Å². The number of carbonyl (C=O) groups is 2. The molecule has 0 spiro atoms. The Balaban J connectivity index is 2.05. The van der Waals surface area contributed by atoms with Crippen molar-refractivity contribution in [2.24, 2.45) is 4.99 Å². The van der Waals surface area contributed by atoms with Crippen molar-refractivity contribution in [1.29, 1.82) is 0 Å². The van der Waals surface area contributed by atoms with Crippen LogP contribution in [0.4, 0.5) is 0 Å². The molecule has 0 aromatic rings. The van der Waals surface area contributed by atoms with E-state index in [1.165, 1.54) is 16.7 Å². The van der Waals surface area contributed by atoms with Gasteiger partial charge >= 0.3 is 11.8 Å². The molecule has 0 aromatic carbocycles. The van der Waals surface area contributed by atoms with Crippen LogP contribution in [0.15, 0.2) is 4.99 Å². The number of nitrogens with zero attached hydrogens (tertiary/aromatic N) is 3. The van der Waals surface area contributed by atoms with E-state index >= 15 is 0 Å². The molecule has 2 aliphatic rings. The normalized spacial score (nSPS) is 22.9. The van der Waals surface area contributed by atoms with Crippen molar-refractivity contribution < 1.29 is 18.0 Å². The SMILES string of the molecule is CN(C)CCN(C(=O)C(=O)NC1=NCCS1)C1CCS(=O)(=O)C1. The smallest absolute Gasteiger partial charge is 0.315 e. The van der Waals surface area contributed by atoms with Crippen molar-refractivity contribution in [1.82, 2.24) is 15.1 Å². The van der Waals surface area contributed by atoms with Crippen LogP contribution in [0.25, 0.3) is 0 Å². The minimum absolute atomic E-state index is 0.0631. The lowest BCUT2D eigenvalue weighted by Gasteiger charge is -2.28. The molecule has 8 nitrogen and oxygen atoms in total. The monoisotopic (exact) mass is 362 g/mol. The van der Waals surface area contributed by atoms with Gasteiger partial charge in [-0.1, -0.05) is 11.8 Å². The quantitative estimate of drug-likeness (QED) is 0.630. The molecule has 2 amide bonds. The van der Waals surface area contributed by atoms with Crippen LogP contribution >= 0.6 is 11.8 Å². The second-order valence-electron chi connectivity index (χ2n) is 5.85. The van der Waals surface area contributed by atoms with Gasteiger partial charge in [0.15, 0.2) is 15.0 Å². The first-order valence-corrected chi connectivity index (χ1v) is 10.2. The molecule has 0 radical (unpaired) electrons. The van der Waals surface area contributed by atoms with Crippen LogP contribution in [-0.4, -0.2) is 92.2 Å². The third-order valence-corrected chi connectivity index (χ3v) is 6.34. The van der Waals surface area contributed by atoms with Crippen LogP contribution in [0.1, 0.15) is 6.42 Å². The predicted octanol–water partition coefficient (Wildman–Crippen LogP) is -1.22. The maximum Gasteiger partial charge on any atom is 0.315 e. The Morgan fingerprint density at radius 3 is 2.61 bits per heavy atom. The molecule has 1 fully saturated rings. The Morgan fingerprint density at radius 2 is 2.09 bits per heavy atom. The second-order valence-corrected chi connectivity index (χ2v) is 9.16. The summed E-state index contributed by atoms with van der Waals surface area (Å²) in [6.07, 6.45) is 0.379. The zero-order valence-corrected chi connectivity index (χ0v) is 15.0. The number of carbonyl (C=O) groups excluding carboxylic acids is 2. The third kappa shape index (κ3) is 5.18. The van der Waals surface area contributed by atoms with Crippen LogP contribution < -0.4 is 5.32 Å². The summed E-state index contributed by atoms with van der Waals surface area (Å²) in [5.41, 5.74) is 0.